The number of thiocarbonyl (C=S) groups is 1. The predicted octanol–water partition coefficient (Wildman–Crippen LogP) is 5.82. The maximum Gasteiger partial charge on any atom is 0.335 e. The first-order chi connectivity index (χ1) is 16.4. The third-order valence-corrected chi connectivity index (χ3v) is 7.20. The highest BCUT2D eigenvalue weighted by Gasteiger charge is 2.42. The van der Waals surface area contributed by atoms with Crippen molar-refractivity contribution in [1.29, 1.82) is 0 Å². The van der Waals surface area contributed by atoms with E-state index in [1.807, 2.05) is 54.7 Å². The van der Waals surface area contributed by atoms with Crippen LogP contribution in [0.2, 0.25) is 0 Å². The molecule has 34 heavy (non-hydrogen) atoms. The molecule has 5 rings (SSSR count). The standard InChI is InChI=1S/C26H21BrN4O2S/c1-16-15-19(11-12-20(16)27)31-24(23(29-26(31)34)21-5-2-3-13-28-21)22-6-4-14-30(22)18-9-7-17(8-10-18)25(32)33/h2-15,23-24H,1H3,(H,29,34)(H,32,33)/t23-,24+/m0/s1. The van der Waals surface area contributed by atoms with Crippen LogP contribution in [-0.2, 0) is 0 Å². The molecule has 0 saturated carbocycles. The zero-order chi connectivity index (χ0) is 23.8. The van der Waals surface area contributed by atoms with Gasteiger partial charge in [-0.05, 0) is 91.4 Å². The summed E-state index contributed by atoms with van der Waals surface area (Å²) >= 11 is 9.42. The van der Waals surface area contributed by atoms with Gasteiger partial charge >= 0.3 is 5.97 Å². The van der Waals surface area contributed by atoms with Gasteiger partial charge in [0.05, 0.1) is 17.3 Å². The smallest absolute Gasteiger partial charge is 0.335 e. The molecule has 0 spiro atoms. The number of carboxylic acid groups (broad SMARTS) is 1. The molecule has 2 aromatic carbocycles. The number of aromatic carboxylic acids is 1. The van der Waals surface area contributed by atoms with Crippen molar-refractivity contribution in [3.8, 4) is 5.69 Å². The summed E-state index contributed by atoms with van der Waals surface area (Å²) in [4.78, 5) is 18.1. The second kappa shape index (κ2) is 9.04. The first-order valence-electron chi connectivity index (χ1n) is 10.7. The highest BCUT2D eigenvalue weighted by atomic mass is 79.9. The fraction of sp³-hybridized carbons (Fsp3) is 0.115. The summed E-state index contributed by atoms with van der Waals surface area (Å²) in [6.07, 6.45) is 3.76. The van der Waals surface area contributed by atoms with Crippen molar-refractivity contribution in [3.05, 3.63) is 112 Å². The van der Waals surface area contributed by atoms with Gasteiger partial charge in [0.25, 0.3) is 0 Å². The zero-order valence-electron chi connectivity index (χ0n) is 18.2. The summed E-state index contributed by atoms with van der Waals surface area (Å²) in [7, 11) is 0. The molecule has 6 nitrogen and oxygen atoms in total. The Kier molecular flexibility index (Phi) is 5.93. The van der Waals surface area contributed by atoms with Gasteiger partial charge in [-0.2, -0.15) is 0 Å². The Balaban J connectivity index is 1.65. The summed E-state index contributed by atoms with van der Waals surface area (Å²) in [5, 5.41) is 13.4. The van der Waals surface area contributed by atoms with E-state index in [0.717, 1.165) is 32.8 Å². The molecular formula is C26H21BrN4O2S. The number of aryl methyl sites for hydroxylation is 1. The van der Waals surface area contributed by atoms with Crippen molar-refractivity contribution < 1.29 is 9.90 Å². The zero-order valence-corrected chi connectivity index (χ0v) is 20.6. The normalized spacial score (nSPS) is 17.6. The lowest BCUT2D eigenvalue weighted by molar-refractivity contribution is 0.0697. The summed E-state index contributed by atoms with van der Waals surface area (Å²) in [6.45, 7) is 2.05. The molecule has 2 atom stereocenters. The van der Waals surface area contributed by atoms with E-state index in [0.29, 0.717) is 5.11 Å². The summed E-state index contributed by atoms with van der Waals surface area (Å²) < 4.78 is 3.11. The SMILES string of the molecule is Cc1cc(N2C(=S)N[C@@H](c3ccccn3)[C@H]2c2cccn2-c2ccc(C(=O)O)cc2)ccc1Br. The average Bonchev–Trinajstić information content (AvgIpc) is 3.46. The molecule has 8 heteroatoms. The van der Waals surface area contributed by atoms with Crippen molar-refractivity contribution in [1.82, 2.24) is 14.9 Å². The lowest BCUT2D eigenvalue weighted by Gasteiger charge is -2.29. The largest absolute Gasteiger partial charge is 0.478 e. The van der Waals surface area contributed by atoms with Crippen molar-refractivity contribution in [2.75, 3.05) is 4.90 Å². The molecule has 1 saturated heterocycles. The van der Waals surface area contributed by atoms with Crippen LogP contribution in [0.4, 0.5) is 5.69 Å². The molecule has 0 radical (unpaired) electrons. The number of aromatic nitrogens is 2. The molecule has 4 aromatic rings. The fourth-order valence-corrected chi connectivity index (χ4v) is 4.94. The maximum absolute atomic E-state index is 11.3. The Bertz CT molecular complexity index is 1370. The van der Waals surface area contributed by atoms with E-state index < -0.39 is 5.97 Å². The number of hydrogen-bond donors (Lipinski definition) is 2. The van der Waals surface area contributed by atoms with Crippen LogP contribution in [0.3, 0.4) is 0 Å². The monoisotopic (exact) mass is 532 g/mol. The van der Waals surface area contributed by atoms with E-state index in [-0.39, 0.29) is 17.6 Å². The molecule has 0 bridgehead atoms. The second-order valence-electron chi connectivity index (χ2n) is 8.09. The molecular weight excluding hydrogens is 512 g/mol. The van der Waals surface area contributed by atoms with Gasteiger partial charge in [0.1, 0.15) is 6.04 Å². The lowest BCUT2D eigenvalue weighted by atomic mass is 10.0. The molecule has 0 amide bonds. The molecule has 1 fully saturated rings. The molecule has 3 heterocycles. The van der Waals surface area contributed by atoms with Crippen LogP contribution >= 0.6 is 28.1 Å². The number of halogens is 1. The van der Waals surface area contributed by atoms with E-state index in [4.69, 9.17) is 12.2 Å². The van der Waals surface area contributed by atoms with E-state index in [2.05, 4.69) is 54.8 Å². The van der Waals surface area contributed by atoms with E-state index >= 15 is 0 Å². The maximum atomic E-state index is 11.3. The van der Waals surface area contributed by atoms with Crippen LogP contribution in [0, 0.1) is 6.92 Å². The number of nitrogens with zero attached hydrogens (tertiary/aromatic N) is 3. The number of nitrogens with one attached hydrogen (secondary N) is 1. The molecule has 0 unspecified atom stereocenters. The molecule has 170 valence electrons. The minimum Gasteiger partial charge on any atom is -0.478 e. The number of hydrogen-bond acceptors (Lipinski definition) is 3. The highest BCUT2D eigenvalue weighted by Crippen LogP contribution is 2.42. The number of pyridine rings is 1. The van der Waals surface area contributed by atoms with Gasteiger partial charge in [-0.15, -0.1) is 0 Å². The van der Waals surface area contributed by atoms with Crippen molar-refractivity contribution in [2.24, 2.45) is 0 Å². The topological polar surface area (TPSA) is 70.4 Å². The fourth-order valence-electron chi connectivity index (χ4n) is 4.35. The number of rotatable bonds is 5. The number of benzene rings is 2. The Morgan fingerprint density at radius 3 is 2.50 bits per heavy atom. The molecule has 2 aromatic heterocycles. The van der Waals surface area contributed by atoms with Crippen molar-refractivity contribution >= 4 is 44.9 Å². The molecule has 2 N–H and O–H groups in total. The molecule has 0 aliphatic carbocycles. The molecule has 1 aliphatic heterocycles. The van der Waals surface area contributed by atoms with Crippen molar-refractivity contribution in [3.63, 3.8) is 0 Å². The Hall–Kier alpha value is -3.49. The third-order valence-electron chi connectivity index (χ3n) is 5.99. The summed E-state index contributed by atoms with van der Waals surface area (Å²) in [6, 6.07) is 22.6. The van der Waals surface area contributed by atoms with Gasteiger partial charge in [0.2, 0.25) is 0 Å². The van der Waals surface area contributed by atoms with E-state index in [1.54, 1.807) is 18.3 Å². The van der Waals surface area contributed by atoms with Crippen LogP contribution in [0.15, 0.2) is 89.7 Å². The van der Waals surface area contributed by atoms with Crippen LogP contribution in [0.5, 0.6) is 0 Å². The van der Waals surface area contributed by atoms with Gasteiger partial charge in [-0.1, -0.05) is 22.0 Å². The van der Waals surface area contributed by atoms with Gasteiger partial charge in [-0.3, -0.25) is 4.98 Å². The lowest BCUT2D eigenvalue weighted by Crippen LogP contribution is -2.30. The van der Waals surface area contributed by atoms with E-state index in [9.17, 15) is 9.90 Å². The minimum atomic E-state index is -0.948. The Morgan fingerprint density at radius 2 is 1.82 bits per heavy atom. The van der Waals surface area contributed by atoms with Crippen molar-refractivity contribution in [2.45, 2.75) is 19.0 Å². The summed E-state index contributed by atoms with van der Waals surface area (Å²) in [5.74, 6) is -0.948. The van der Waals surface area contributed by atoms with Gasteiger partial charge < -0.3 is 19.9 Å². The van der Waals surface area contributed by atoms with Crippen LogP contribution < -0.4 is 10.2 Å². The molecule has 1 aliphatic rings. The van der Waals surface area contributed by atoms with Gasteiger partial charge in [0, 0.05) is 33.9 Å². The van der Waals surface area contributed by atoms with Crippen LogP contribution in [0.25, 0.3) is 5.69 Å². The first kappa shape index (κ1) is 22.3. The second-order valence-corrected chi connectivity index (χ2v) is 9.33. The minimum absolute atomic E-state index is 0.176. The Morgan fingerprint density at radius 1 is 1.06 bits per heavy atom. The van der Waals surface area contributed by atoms with Gasteiger partial charge in [0.15, 0.2) is 5.11 Å². The number of carboxylic acids is 1. The summed E-state index contributed by atoms with van der Waals surface area (Å²) in [5.41, 5.74) is 5.11. The number of carbonyl (C=O) groups is 1. The number of anilines is 1. The van der Waals surface area contributed by atoms with Gasteiger partial charge in [-0.25, -0.2) is 4.79 Å². The average molecular weight is 533 g/mol. The first-order valence-corrected chi connectivity index (χ1v) is 11.9. The van der Waals surface area contributed by atoms with Crippen LogP contribution in [0.1, 0.15) is 39.4 Å². The third kappa shape index (κ3) is 3.99. The quantitative estimate of drug-likeness (QED) is 0.315. The Labute approximate surface area is 211 Å². The predicted molar refractivity (Wildman–Crippen MR) is 140 cm³/mol. The highest BCUT2D eigenvalue weighted by molar-refractivity contribution is 9.10. The van der Waals surface area contributed by atoms with E-state index in [1.165, 1.54) is 0 Å². The van der Waals surface area contributed by atoms with Crippen LogP contribution in [-0.4, -0.2) is 25.7 Å².